The van der Waals surface area contributed by atoms with Crippen LogP contribution in [0.25, 0.3) is 11.2 Å². The van der Waals surface area contributed by atoms with Crippen molar-refractivity contribution in [2.24, 2.45) is 14.1 Å². The molecule has 0 bridgehead atoms. The zero-order chi connectivity index (χ0) is 15.1. The molecule has 0 amide bonds. The molecule has 0 saturated heterocycles. The molecule has 2 N–H and O–H groups in total. The van der Waals surface area contributed by atoms with E-state index in [-0.39, 0.29) is 5.56 Å². The number of aryl methyl sites for hydroxylation is 1. The normalized spacial score (nSPS) is 11.2. The van der Waals surface area contributed by atoms with Gasteiger partial charge in [0, 0.05) is 28.8 Å². The first-order chi connectivity index (χ1) is 9.97. The summed E-state index contributed by atoms with van der Waals surface area (Å²) in [7, 11) is 3.03. The van der Waals surface area contributed by atoms with Crippen LogP contribution in [0.2, 0.25) is 0 Å². The third-order valence-corrected chi connectivity index (χ3v) is 4.84. The van der Waals surface area contributed by atoms with E-state index in [9.17, 15) is 9.59 Å². The van der Waals surface area contributed by atoms with Crippen molar-refractivity contribution in [1.29, 1.82) is 0 Å². The second kappa shape index (κ2) is 5.15. The van der Waals surface area contributed by atoms with E-state index >= 15 is 0 Å². The third kappa shape index (κ3) is 2.42. The lowest BCUT2D eigenvalue weighted by Crippen LogP contribution is -2.36. The van der Waals surface area contributed by atoms with Crippen molar-refractivity contribution >= 4 is 44.4 Å². The number of nitrogens with one attached hydrogen (secondary N) is 2. The molecule has 9 heteroatoms. The van der Waals surface area contributed by atoms with Gasteiger partial charge in [-0.1, -0.05) is 0 Å². The molecule has 0 saturated carbocycles. The Kier molecular flexibility index (Phi) is 3.46. The molecule has 0 fully saturated rings. The van der Waals surface area contributed by atoms with Crippen LogP contribution in [0.1, 0.15) is 4.88 Å². The monoisotopic (exact) mass is 369 g/mol. The summed E-state index contributed by atoms with van der Waals surface area (Å²) in [5.74, 6) is 0.466. The Labute approximate surface area is 131 Å². The van der Waals surface area contributed by atoms with Crippen LogP contribution in [-0.4, -0.2) is 19.1 Å². The summed E-state index contributed by atoms with van der Waals surface area (Å²) in [6.45, 7) is 0.588. The number of aromatic amines is 1. The number of aromatic nitrogens is 4. The minimum atomic E-state index is -0.396. The highest BCUT2D eigenvalue weighted by Gasteiger charge is 2.13. The molecular weight excluding hydrogens is 358 g/mol. The van der Waals surface area contributed by atoms with Crippen molar-refractivity contribution in [1.82, 2.24) is 19.1 Å². The summed E-state index contributed by atoms with van der Waals surface area (Å²) in [5, 5.41) is 5.11. The number of nitrogens with zero attached hydrogens (tertiary/aromatic N) is 3. The van der Waals surface area contributed by atoms with Gasteiger partial charge in [0.05, 0.1) is 6.54 Å². The van der Waals surface area contributed by atoms with Gasteiger partial charge in [0.25, 0.3) is 5.56 Å². The molecule has 3 heterocycles. The average Bonchev–Trinajstić information content (AvgIpc) is 3.07. The van der Waals surface area contributed by atoms with Crippen LogP contribution in [0.5, 0.6) is 0 Å². The number of imidazole rings is 1. The van der Waals surface area contributed by atoms with Crippen molar-refractivity contribution in [2.75, 3.05) is 5.32 Å². The van der Waals surface area contributed by atoms with E-state index in [1.165, 1.54) is 11.6 Å². The molecule has 0 aliphatic heterocycles. The van der Waals surface area contributed by atoms with E-state index in [0.29, 0.717) is 23.7 Å². The van der Waals surface area contributed by atoms with Gasteiger partial charge in [-0.3, -0.25) is 13.9 Å². The highest BCUT2D eigenvalue weighted by molar-refractivity contribution is 9.10. The molecule has 0 aliphatic carbocycles. The number of halogens is 1. The fourth-order valence-corrected chi connectivity index (χ4v) is 3.42. The number of anilines is 1. The molecular formula is C12H12BrN5O2S. The second-order valence-electron chi connectivity index (χ2n) is 4.57. The van der Waals surface area contributed by atoms with Gasteiger partial charge in [0.15, 0.2) is 11.2 Å². The summed E-state index contributed by atoms with van der Waals surface area (Å²) >= 11 is 5.01. The van der Waals surface area contributed by atoms with Gasteiger partial charge in [0.1, 0.15) is 0 Å². The summed E-state index contributed by atoms with van der Waals surface area (Å²) in [5.41, 5.74) is -0.118. The van der Waals surface area contributed by atoms with Gasteiger partial charge in [0.2, 0.25) is 5.95 Å². The number of hydrogen-bond acceptors (Lipinski definition) is 5. The Balaban J connectivity index is 1.98. The maximum atomic E-state index is 12.0. The molecule has 3 aromatic rings. The summed E-state index contributed by atoms with van der Waals surface area (Å²) in [4.78, 5) is 32.2. The van der Waals surface area contributed by atoms with Crippen molar-refractivity contribution in [3.05, 3.63) is 41.6 Å². The van der Waals surface area contributed by atoms with Crippen LogP contribution in [-0.2, 0) is 20.6 Å². The fourth-order valence-electron chi connectivity index (χ4n) is 2.03. The van der Waals surface area contributed by atoms with Crippen LogP contribution < -0.4 is 16.6 Å². The van der Waals surface area contributed by atoms with E-state index in [1.807, 2.05) is 11.4 Å². The fraction of sp³-hybridized carbons (Fsp3) is 0.250. The second-order valence-corrected chi connectivity index (χ2v) is 6.49. The first-order valence-electron chi connectivity index (χ1n) is 6.10. The zero-order valence-corrected chi connectivity index (χ0v) is 13.7. The summed E-state index contributed by atoms with van der Waals surface area (Å²) in [6.07, 6.45) is 0. The number of hydrogen-bond donors (Lipinski definition) is 2. The largest absolute Gasteiger partial charge is 0.351 e. The van der Waals surface area contributed by atoms with E-state index in [4.69, 9.17) is 0 Å². The molecule has 21 heavy (non-hydrogen) atoms. The molecule has 3 rings (SSSR count). The Bertz CT molecular complexity index is 935. The number of fused-ring (bicyclic) bond motifs is 1. The van der Waals surface area contributed by atoms with Crippen molar-refractivity contribution in [2.45, 2.75) is 6.54 Å². The first-order valence-corrected chi connectivity index (χ1v) is 7.77. The van der Waals surface area contributed by atoms with Crippen LogP contribution in [0.4, 0.5) is 5.95 Å². The summed E-state index contributed by atoms with van der Waals surface area (Å²) < 4.78 is 3.44. The number of thiophene rings is 1. The van der Waals surface area contributed by atoms with Crippen molar-refractivity contribution in [3.8, 4) is 0 Å². The summed E-state index contributed by atoms with van der Waals surface area (Å²) in [6, 6.07) is 2.01. The smallest absolute Gasteiger partial charge is 0.332 e. The van der Waals surface area contributed by atoms with Gasteiger partial charge in [-0.15, -0.1) is 11.3 Å². The minimum absolute atomic E-state index is 0.314. The molecule has 0 unspecified atom stereocenters. The lowest BCUT2D eigenvalue weighted by Gasteiger charge is -2.00. The van der Waals surface area contributed by atoms with Crippen LogP contribution >= 0.6 is 27.3 Å². The quantitative estimate of drug-likeness (QED) is 0.730. The minimum Gasteiger partial charge on any atom is -0.351 e. The number of H-pyrrole nitrogens is 1. The Morgan fingerprint density at radius 1 is 1.38 bits per heavy atom. The predicted molar refractivity (Wildman–Crippen MR) is 85.9 cm³/mol. The Morgan fingerprint density at radius 2 is 2.14 bits per heavy atom. The van der Waals surface area contributed by atoms with Gasteiger partial charge in [-0.2, -0.15) is 4.98 Å². The van der Waals surface area contributed by atoms with Crippen molar-refractivity contribution in [3.63, 3.8) is 0 Å². The van der Waals surface area contributed by atoms with Crippen molar-refractivity contribution < 1.29 is 0 Å². The molecule has 0 radical (unpaired) electrons. The standard InChI is InChI=1S/C12H12BrN5O2S/c1-17-9-8(10(19)18(2)12(17)20)15-11(16-9)14-4-7-3-6(13)5-21-7/h3,5H,4H2,1-2H3,(H2,14,15,16). The molecule has 7 nitrogen and oxygen atoms in total. The number of rotatable bonds is 3. The third-order valence-electron chi connectivity index (χ3n) is 3.15. The predicted octanol–water partition coefficient (Wildman–Crippen LogP) is 1.40. The lowest BCUT2D eigenvalue weighted by atomic mass is 10.5. The molecule has 110 valence electrons. The highest BCUT2D eigenvalue weighted by atomic mass is 79.9. The van der Waals surface area contributed by atoms with E-state index in [0.717, 1.165) is 13.9 Å². The SMILES string of the molecule is Cn1c(=O)c2[nH]c(NCc3cc(Br)cs3)nc2n(C)c1=O. The topological polar surface area (TPSA) is 84.7 Å². The van der Waals surface area contributed by atoms with Gasteiger partial charge >= 0.3 is 5.69 Å². The Morgan fingerprint density at radius 3 is 2.81 bits per heavy atom. The molecule has 0 atom stereocenters. The van der Waals surface area contributed by atoms with Crippen LogP contribution in [0.3, 0.4) is 0 Å². The first kappa shape index (κ1) is 14.1. The van der Waals surface area contributed by atoms with Gasteiger partial charge in [-0.25, -0.2) is 4.79 Å². The van der Waals surface area contributed by atoms with E-state index in [2.05, 4.69) is 31.2 Å². The van der Waals surface area contributed by atoms with Gasteiger partial charge < -0.3 is 10.3 Å². The van der Waals surface area contributed by atoms with E-state index in [1.54, 1.807) is 18.4 Å². The Hall–Kier alpha value is -1.87. The van der Waals surface area contributed by atoms with Gasteiger partial charge in [-0.05, 0) is 22.0 Å². The zero-order valence-electron chi connectivity index (χ0n) is 11.3. The molecule has 3 aromatic heterocycles. The van der Waals surface area contributed by atoms with Crippen LogP contribution in [0.15, 0.2) is 25.5 Å². The lowest BCUT2D eigenvalue weighted by molar-refractivity contribution is 0.709. The van der Waals surface area contributed by atoms with Crippen LogP contribution in [0, 0.1) is 0 Å². The molecule has 0 spiro atoms. The maximum absolute atomic E-state index is 12.0. The average molecular weight is 370 g/mol. The molecule has 0 aliphatic rings. The molecule has 0 aromatic carbocycles. The van der Waals surface area contributed by atoms with E-state index < -0.39 is 5.69 Å². The maximum Gasteiger partial charge on any atom is 0.332 e. The highest BCUT2D eigenvalue weighted by Crippen LogP contribution is 2.20.